The molecular weight excluding hydrogens is 195 g/mol. The summed E-state index contributed by atoms with van der Waals surface area (Å²) < 4.78 is 9.90. The third-order valence-corrected chi connectivity index (χ3v) is 2.47. The lowest BCUT2D eigenvalue weighted by atomic mass is 9.97. The Morgan fingerprint density at radius 2 is 1.85 bits per heavy atom. The van der Waals surface area contributed by atoms with Crippen molar-refractivity contribution in [2.45, 2.75) is 44.1 Å². The molecule has 0 aromatic carbocycles. The van der Waals surface area contributed by atoms with E-state index in [1.807, 2.05) is 16.4 Å². The molecule has 1 aliphatic rings. The molecule has 1 aliphatic heterocycles. The number of hydrogen-bond donors (Lipinski definition) is 3. The van der Waals surface area contributed by atoms with Crippen LogP contribution in [0.25, 0.3) is 0 Å². The highest BCUT2D eigenvalue weighted by atomic mass is 31.0. The highest BCUT2D eigenvalue weighted by Gasteiger charge is 2.42. The van der Waals surface area contributed by atoms with E-state index >= 15 is 0 Å². The van der Waals surface area contributed by atoms with Crippen molar-refractivity contribution in [1.29, 1.82) is 0 Å². The second-order valence-corrected chi connectivity index (χ2v) is 3.33. The Morgan fingerprint density at radius 1 is 1.23 bits per heavy atom. The molecule has 6 heteroatoms. The smallest absolute Gasteiger partial charge is 0.189 e. The van der Waals surface area contributed by atoms with Crippen LogP contribution in [0.3, 0.4) is 0 Å². The first-order chi connectivity index (χ1) is 6.11. The van der Waals surface area contributed by atoms with Gasteiger partial charge in [-0.2, -0.15) is 0 Å². The number of aliphatic hydroxyl groups is 3. The molecule has 1 rings (SSSR count). The van der Waals surface area contributed by atoms with Gasteiger partial charge in [-0.05, 0) is 6.42 Å². The Hall–Kier alpha value is 0.230. The van der Waals surface area contributed by atoms with Crippen molar-refractivity contribution in [2.75, 3.05) is 0 Å². The van der Waals surface area contributed by atoms with Gasteiger partial charge in [0.2, 0.25) is 0 Å². The Labute approximate surface area is 78.9 Å². The van der Waals surface area contributed by atoms with E-state index in [1.165, 1.54) is 0 Å². The first kappa shape index (κ1) is 11.3. The topological polar surface area (TPSA) is 79.2 Å². The monoisotopic (exact) mass is 210 g/mol. The second kappa shape index (κ2) is 4.64. The summed E-state index contributed by atoms with van der Waals surface area (Å²) in [5, 5.41) is 28.2. The standard InChI is InChI=1S/C7H15O5P/c1-2-3-4(8)5(9)6(10)7(11-3)12-13/h3-10H,2,13H2,1H3/t3-,4-,5+,6-,7-/m1/s1. The van der Waals surface area contributed by atoms with Crippen LogP contribution in [0.2, 0.25) is 0 Å². The van der Waals surface area contributed by atoms with Gasteiger partial charge in [0.05, 0.1) is 6.10 Å². The number of ether oxygens (including phenoxy) is 1. The minimum atomic E-state index is -1.22. The highest BCUT2D eigenvalue weighted by molar-refractivity contribution is 7.09. The average molecular weight is 210 g/mol. The molecule has 0 aromatic rings. The summed E-state index contributed by atoms with van der Waals surface area (Å²) in [5.41, 5.74) is 0. The molecule has 1 unspecified atom stereocenters. The average Bonchev–Trinajstić information content (AvgIpc) is 2.15. The maximum Gasteiger partial charge on any atom is 0.189 e. The zero-order chi connectivity index (χ0) is 10.0. The first-order valence-corrected chi connectivity index (χ1v) is 4.64. The van der Waals surface area contributed by atoms with E-state index in [-0.39, 0.29) is 0 Å². The van der Waals surface area contributed by atoms with Crippen LogP contribution in [0.4, 0.5) is 0 Å². The van der Waals surface area contributed by atoms with E-state index in [4.69, 9.17) is 9.26 Å². The maximum atomic E-state index is 9.42. The van der Waals surface area contributed by atoms with E-state index in [0.29, 0.717) is 6.42 Å². The molecule has 0 bridgehead atoms. The van der Waals surface area contributed by atoms with Crippen molar-refractivity contribution >= 4 is 9.47 Å². The maximum absolute atomic E-state index is 9.42. The van der Waals surface area contributed by atoms with Gasteiger partial charge >= 0.3 is 0 Å². The number of rotatable bonds is 2. The molecule has 0 saturated carbocycles. The summed E-state index contributed by atoms with van der Waals surface area (Å²) in [4.78, 5) is 0. The predicted molar refractivity (Wildman–Crippen MR) is 47.8 cm³/mol. The van der Waals surface area contributed by atoms with Crippen molar-refractivity contribution in [1.82, 2.24) is 0 Å². The lowest BCUT2D eigenvalue weighted by Gasteiger charge is -2.39. The fourth-order valence-electron chi connectivity index (χ4n) is 1.37. The van der Waals surface area contributed by atoms with E-state index < -0.39 is 30.7 Å². The predicted octanol–water partition coefficient (Wildman–Crippen LogP) is -0.989. The third-order valence-electron chi connectivity index (χ3n) is 2.20. The summed E-state index contributed by atoms with van der Waals surface area (Å²) in [6.45, 7) is 1.82. The molecule has 78 valence electrons. The SMILES string of the molecule is CC[C@H]1O[C@H](OP)[C@H](O)[C@@H](O)[C@@H]1O. The van der Waals surface area contributed by atoms with Crippen LogP contribution < -0.4 is 0 Å². The fourth-order valence-corrected chi connectivity index (χ4v) is 1.59. The van der Waals surface area contributed by atoms with Gasteiger partial charge in [-0.3, -0.25) is 0 Å². The zero-order valence-electron chi connectivity index (χ0n) is 7.33. The van der Waals surface area contributed by atoms with Crippen LogP contribution in [0.15, 0.2) is 0 Å². The summed E-state index contributed by atoms with van der Waals surface area (Å²) in [7, 11) is 1.96. The minimum absolute atomic E-state index is 0.496. The van der Waals surface area contributed by atoms with Crippen molar-refractivity contribution in [3.05, 3.63) is 0 Å². The molecule has 0 aliphatic carbocycles. The summed E-state index contributed by atoms with van der Waals surface area (Å²) in [6, 6.07) is 0. The quantitative estimate of drug-likeness (QED) is 0.510. The fraction of sp³-hybridized carbons (Fsp3) is 1.00. The van der Waals surface area contributed by atoms with Crippen LogP contribution in [-0.4, -0.2) is 46.0 Å². The molecule has 0 radical (unpaired) electrons. The summed E-state index contributed by atoms with van der Waals surface area (Å²) >= 11 is 0. The molecule has 0 amide bonds. The van der Waals surface area contributed by atoms with Gasteiger partial charge < -0.3 is 24.6 Å². The van der Waals surface area contributed by atoms with Crippen molar-refractivity contribution < 1.29 is 24.6 Å². The van der Waals surface area contributed by atoms with E-state index in [2.05, 4.69) is 0 Å². The molecule has 5 nitrogen and oxygen atoms in total. The van der Waals surface area contributed by atoms with Gasteiger partial charge in [-0.1, -0.05) is 6.92 Å². The molecule has 1 saturated heterocycles. The number of aliphatic hydroxyl groups excluding tert-OH is 3. The second-order valence-electron chi connectivity index (χ2n) is 3.06. The van der Waals surface area contributed by atoms with Crippen LogP contribution >= 0.6 is 9.47 Å². The van der Waals surface area contributed by atoms with E-state index in [9.17, 15) is 15.3 Å². The highest BCUT2D eigenvalue weighted by Crippen LogP contribution is 2.24. The van der Waals surface area contributed by atoms with Crippen LogP contribution in [0.5, 0.6) is 0 Å². The van der Waals surface area contributed by atoms with Gasteiger partial charge in [0.15, 0.2) is 6.29 Å². The van der Waals surface area contributed by atoms with Crippen LogP contribution in [-0.2, 0) is 9.26 Å². The molecule has 3 N–H and O–H groups in total. The minimum Gasteiger partial charge on any atom is -0.388 e. The molecular formula is C7H15O5P. The van der Waals surface area contributed by atoms with E-state index in [1.54, 1.807) is 0 Å². The van der Waals surface area contributed by atoms with Crippen molar-refractivity contribution in [2.24, 2.45) is 0 Å². The Morgan fingerprint density at radius 3 is 2.31 bits per heavy atom. The largest absolute Gasteiger partial charge is 0.388 e. The van der Waals surface area contributed by atoms with Gasteiger partial charge in [-0.25, -0.2) is 0 Å². The molecule has 1 heterocycles. The van der Waals surface area contributed by atoms with Crippen molar-refractivity contribution in [3.63, 3.8) is 0 Å². The van der Waals surface area contributed by atoms with Gasteiger partial charge in [-0.15, -0.1) is 0 Å². The molecule has 0 aromatic heterocycles. The zero-order valence-corrected chi connectivity index (χ0v) is 8.48. The van der Waals surface area contributed by atoms with Crippen LogP contribution in [0.1, 0.15) is 13.3 Å². The molecule has 13 heavy (non-hydrogen) atoms. The van der Waals surface area contributed by atoms with Gasteiger partial charge in [0, 0.05) is 9.47 Å². The summed E-state index contributed by atoms with van der Waals surface area (Å²) in [6.07, 6.45) is -4.33. The van der Waals surface area contributed by atoms with E-state index in [0.717, 1.165) is 0 Å². The van der Waals surface area contributed by atoms with Gasteiger partial charge in [0.25, 0.3) is 0 Å². The Balaban J connectivity index is 2.66. The first-order valence-electron chi connectivity index (χ1n) is 4.17. The lowest BCUT2D eigenvalue weighted by Crippen LogP contribution is -2.57. The van der Waals surface area contributed by atoms with Gasteiger partial charge in [0.1, 0.15) is 18.3 Å². The Kier molecular flexibility index (Phi) is 4.04. The molecule has 0 spiro atoms. The third kappa shape index (κ3) is 2.18. The Bertz CT molecular complexity index is 147. The van der Waals surface area contributed by atoms with Crippen molar-refractivity contribution in [3.8, 4) is 0 Å². The molecule has 6 atom stereocenters. The number of hydrogen-bond acceptors (Lipinski definition) is 5. The molecule has 1 fully saturated rings. The summed E-state index contributed by atoms with van der Waals surface area (Å²) in [5.74, 6) is 0. The normalized spacial score (nSPS) is 46.4. The lowest BCUT2D eigenvalue weighted by molar-refractivity contribution is -0.269. The van der Waals surface area contributed by atoms with Crippen LogP contribution in [0, 0.1) is 0 Å².